The van der Waals surface area contributed by atoms with E-state index in [1.165, 1.54) is 4.90 Å². The Morgan fingerprint density at radius 3 is 2.59 bits per heavy atom. The van der Waals surface area contributed by atoms with E-state index < -0.39 is 18.5 Å². The normalized spacial score (nSPS) is 10.6. The Morgan fingerprint density at radius 1 is 1.09 bits per heavy atom. The molecular weight excluding hydrogens is 410 g/mol. The Morgan fingerprint density at radius 2 is 1.88 bits per heavy atom. The largest absolute Gasteiger partial charge is 0.497 e. The van der Waals surface area contributed by atoms with Crippen LogP contribution in [0.2, 0.25) is 0 Å². The molecule has 0 spiro atoms. The summed E-state index contributed by atoms with van der Waals surface area (Å²) in [4.78, 5) is 41.8. The number of H-pyrrole nitrogens is 1. The number of carbonyl (C=O) groups excluding carboxylic acids is 3. The molecule has 0 saturated heterocycles. The van der Waals surface area contributed by atoms with Crippen LogP contribution in [-0.4, -0.2) is 54.5 Å². The summed E-state index contributed by atoms with van der Waals surface area (Å²) in [5.41, 5.74) is 2.59. The number of carbonyl (C=O) groups is 3. The number of aromatic nitrogens is 1. The standard InChI is InChI=1S/C24H27N3O5/c1-4-11-27(14-22(28)26-19-8-6-5-7-16(19)2)23(29)15-32-24(30)21-12-17-9-10-18(31-3)13-20(17)25-21/h5-10,12-13,25H,4,11,14-15H2,1-3H3,(H,26,28). The molecule has 0 saturated carbocycles. The van der Waals surface area contributed by atoms with Gasteiger partial charge in [-0.05, 0) is 43.2 Å². The lowest BCUT2D eigenvalue weighted by Crippen LogP contribution is -2.40. The van der Waals surface area contributed by atoms with Gasteiger partial charge in [0.25, 0.3) is 5.91 Å². The van der Waals surface area contributed by atoms with Crippen molar-refractivity contribution in [2.75, 3.05) is 32.1 Å². The van der Waals surface area contributed by atoms with Crippen molar-refractivity contribution in [2.45, 2.75) is 20.3 Å². The molecular formula is C24H27N3O5. The molecule has 0 bridgehead atoms. The van der Waals surface area contributed by atoms with Crippen LogP contribution in [0.15, 0.2) is 48.5 Å². The van der Waals surface area contributed by atoms with Crippen LogP contribution >= 0.6 is 0 Å². The van der Waals surface area contributed by atoms with E-state index in [0.29, 0.717) is 24.4 Å². The maximum Gasteiger partial charge on any atom is 0.355 e. The molecule has 0 aliphatic heterocycles. The lowest BCUT2D eigenvalue weighted by atomic mass is 10.2. The van der Waals surface area contributed by atoms with Crippen LogP contribution in [0.3, 0.4) is 0 Å². The molecule has 3 aromatic rings. The molecule has 8 heteroatoms. The minimum atomic E-state index is -0.644. The molecule has 32 heavy (non-hydrogen) atoms. The Hall–Kier alpha value is -3.81. The smallest absolute Gasteiger partial charge is 0.355 e. The molecule has 0 radical (unpaired) electrons. The minimum absolute atomic E-state index is 0.120. The number of para-hydroxylation sites is 1. The van der Waals surface area contributed by atoms with Crippen molar-refractivity contribution >= 4 is 34.4 Å². The number of anilines is 1. The molecule has 2 N–H and O–H groups in total. The number of hydrogen-bond acceptors (Lipinski definition) is 5. The fourth-order valence-electron chi connectivity index (χ4n) is 3.28. The lowest BCUT2D eigenvalue weighted by Gasteiger charge is -2.21. The third kappa shape index (κ3) is 5.66. The predicted octanol–water partition coefficient (Wildman–Crippen LogP) is 3.52. The zero-order valence-corrected chi connectivity index (χ0v) is 18.4. The fraction of sp³-hybridized carbons (Fsp3) is 0.292. The first kappa shape index (κ1) is 22.9. The molecule has 1 heterocycles. The van der Waals surface area contributed by atoms with E-state index in [4.69, 9.17) is 9.47 Å². The fourth-order valence-corrected chi connectivity index (χ4v) is 3.28. The number of amides is 2. The van der Waals surface area contributed by atoms with E-state index in [1.54, 1.807) is 31.4 Å². The van der Waals surface area contributed by atoms with Gasteiger partial charge in [0.15, 0.2) is 6.61 Å². The van der Waals surface area contributed by atoms with Gasteiger partial charge in [-0.2, -0.15) is 0 Å². The van der Waals surface area contributed by atoms with Crippen LogP contribution in [0.25, 0.3) is 10.9 Å². The predicted molar refractivity (Wildman–Crippen MR) is 122 cm³/mol. The first-order valence-corrected chi connectivity index (χ1v) is 10.4. The number of hydrogen-bond donors (Lipinski definition) is 2. The number of nitrogens with zero attached hydrogens (tertiary/aromatic N) is 1. The Bertz CT molecular complexity index is 1120. The maximum atomic E-state index is 12.6. The highest BCUT2D eigenvalue weighted by molar-refractivity contribution is 5.97. The second kappa shape index (κ2) is 10.5. The van der Waals surface area contributed by atoms with Crippen molar-refractivity contribution in [2.24, 2.45) is 0 Å². The van der Waals surface area contributed by atoms with Crippen LogP contribution in [0.5, 0.6) is 5.75 Å². The average Bonchev–Trinajstić information content (AvgIpc) is 3.22. The van der Waals surface area contributed by atoms with Crippen molar-refractivity contribution in [3.63, 3.8) is 0 Å². The van der Waals surface area contributed by atoms with Crippen LogP contribution in [0.4, 0.5) is 5.69 Å². The number of rotatable bonds is 9. The highest BCUT2D eigenvalue weighted by Crippen LogP contribution is 2.21. The second-order valence-corrected chi connectivity index (χ2v) is 7.39. The van der Waals surface area contributed by atoms with Gasteiger partial charge in [0.1, 0.15) is 11.4 Å². The number of esters is 1. The van der Waals surface area contributed by atoms with Crippen LogP contribution < -0.4 is 10.1 Å². The van der Waals surface area contributed by atoms with Gasteiger partial charge in [0.05, 0.1) is 13.7 Å². The first-order valence-electron chi connectivity index (χ1n) is 10.4. The van der Waals surface area contributed by atoms with Gasteiger partial charge in [0.2, 0.25) is 5.91 Å². The highest BCUT2D eigenvalue weighted by atomic mass is 16.5. The number of benzene rings is 2. The molecule has 1 aromatic heterocycles. The van der Waals surface area contributed by atoms with E-state index in [2.05, 4.69) is 10.3 Å². The Balaban J connectivity index is 1.58. The molecule has 2 amide bonds. The van der Waals surface area contributed by atoms with Crippen LogP contribution in [0.1, 0.15) is 29.4 Å². The van der Waals surface area contributed by atoms with Gasteiger partial charge in [0, 0.05) is 29.2 Å². The van der Waals surface area contributed by atoms with Crippen molar-refractivity contribution in [1.82, 2.24) is 9.88 Å². The van der Waals surface area contributed by atoms with Crippen LogP contribution in [0, 0.1) is 6.92 Å². The average molecular weight is 437 g/mol. The number of aryl methyl sites for hydroxylation is 1. The number of fused-ring (bicyclic) bond motifs is 1. The van der Waals surface area contributed by atoms with Crippen LogP contribution in [-0.2, 0) is 14.3 Å². The summed E-state index contributed by atoms with van der Waals surface area (Å²) in [5, 5.41) is 3.64. The second-order valence-electron chi connectivity index (χ2n) is 7.39. The first-order chi connectivity index (χ1) is 15.4. The van der Waals surface area contributed by atoms with Gasteiger partial charge in [-0.1, -0.05) is 25.1 Å². The zero-order valence-electron chi connectivity index (χ0n) is 18.4. The summed E-state index contributed by atoms with van der Waals surface area (Å²) in [6.07, 6.45) is 0.668. The summed E-state index contributed by atoms with van der Waals surface area (Å²) in [5.74, 6) is -0.724. The number of methoxy groups -OCH3 is 1. The maximum absolute atomic E-state index is 12.6. The molecule has 0 aliphatic rings. The molecule has 0 fully saturated rings. The highest BCUT2D eigenvalue weighted by Gasteiger charge is 2.20. The third-order valence-electron chi connectivity index (χ3n) is 4.98. The quantitative estimate of drug-likeness (QED) is 0.499. The van der Waals surface area contributed by atoms with Gasteiger partial charge in [-0.25, -0.2) is 4.79 Å². The molecule has 3 rings (SSSR count). The minimum Gasteiger partial charge on any atom is -0.497 e. The summed E-state index contributed by atoms with van der Waals surface area (Å²) in [6, 6.07) is 14.4. The summed E-state index contributed by atoms with van der Waals surface area (Å²) < 4.78 is 10.4. The van der Waals surface area contributed by atoms with E-state index >= 15 is 0 Å². The number of nitrogens with one attached hydrogen (secondary N) is 2. The van der Waals surface area contributed by atoms with Crippen molar-refractivity contribution in [3.8, 4) is 5.75 Å². The molecule has 168 valence electrons. The van der Waals surface area contributed by atoms with Gasteiger partial charge in [-0.15, -0.1) is 0 Å². The molecule has 0 atom stereocenters. The Kier molecular flexibility index (Phi) is 7.49. The topological polar surface area (TPSA) is 101 Å². The van der Waals surface area contributed by atoms with Crippen molar-refractivity contribution in [3.05, 3.63) is 59.8 Å². The molecule has 2 aromatic carbocycles. The Labute approximate surface area is 186 Å². The SMILES string of the molecule is CCCN(CC(=O)Nc1ccccc1C)C(=O)COC(=O)c1cc2ccc(OC)cc2[nH]1. The molecule has 0 unspecified atom stereocenters. The summed E-state index contributed by atoms with van der Waals surface area (Å²) >= 11 is 0. The zero-order chi connectivity index (χ0) is 23.1. The van der Waals surface area contributed by atoms with E-state index in [0.717, 1.165) is 16.5 Å². The number of aromatic amines is 1. The summed E-state index contributed by atoms with van der Waals surface area (Å²) in [7, 11) is 1.56. The van der Waals surface area contributed by atoms with E-state index in [-0.39, 0.29) is 18.1 Å². The van der Waals surface area contributed by atoms with Gasteiger partial charge >= 0.3 is 5.97 Å². The van der Waals surface area contributed by atoms with Gasteiger partial charge in [-0.3, -0.25) is 9.59 Å². The molecule has 8 nitrogen and oxygen atoms in total. The van der Waals surface area contributed by atoms with Crippen molar-refractivity contribution in [1.29, 1.82) is 0 Å². The summed E-state index contributed by atoms with van der Waals surface area (Å²) in [6.45, 7) is 3.61. The van der Waals surface area contributed by atoms with E-state index in [1.807, 2.05) is 38.1 Å². The monoisotopic (exact) mass is 437 g/mol. The van der Waals surface area contributed by atoms with E-state index in [9.17, 15) is 14.4 Å². The molecule has 0 aliphatic carbocycles. The number of ether oxygens (including phenoxy) is 2. The van der Waals surface area contributed by atoms with Crippen molar-refractivity contribution < 1.29 is 23.9 Å². The van der Waals surface area contributed by atoms with Gasteiger partial charge < -0.3 is 24.7 Å². The third-order valence-corrected chi connectivity index (χ3v) is 4.98. The lowest BCUT2D eigenvalue weighted by molar-refractivity contribution is -0.137.